The van der Waals surface area contributed by atoms with E-state index in [0.29, 0.717) is 11.5 Å². The second-order valence-corrected chi connectivity index (χ2v) is 4.99. The van der Waals surface area contributed by atoms with Gasteiger partial charge in [-0.2, -0.15) is 5.10 Å². The first-order valence-corrected chi connectivity index (χ1v) is 6.77. The number of aryl methyl sites for hydroxylation is 1. The van der Waals surface area contributed by atoms with E-state index in [2.05, 4.69) is 37.0 Å². The number of benzene rings is 1. The van der Waals surface area contributed by atoms with Gasteiger partial charge in [0, 0.05) is 11.8 Å². The highest BCUT2D eigenvalue weighted by Gasteiger charge is 2.07. The van der Waals surface area contributed by atoms with Crippen molar-refractivity contribution in [2.75, 3.05) is 5.73 Å². The molecule has 4 rings (SSSR count). The zero-order valence-electron chi connectivity index (χ0n) is 11.8. The van der Waals surface area contributed by atoms with Crippen LogP contribution in [0.4, 0.5) is 5.82 Å². The summed E-state index contributed by atoms with van der Waals surface area (Å²) in [5.74, 6) is 7.50. The Bertz CT molecular complexity index is 1060. The van der Waals surface area contributed by atoms with E-state index < -0.39 is 0 Å². The van der Waals surface area contributed by atoms with Crippen molar-refractivity contribution in [3.8, 4) is 11.8 Å². The van der Waals surface area contributed by atoms with E-state index in [4.69, 9.17) is 5.73 Å². The predicted molar refractivity (Wildman–Crippen MR) is 85.1 cm³/mol. The minimum absolute atomic E-state index is 0.426. The molecule has 0 saturated carbocycles. The maximum atomic E-state index is 5.90. The molecule has 0 saturated heterocycles. The Labute approximate surface area is 125 Å². The summed E-state index contributed by atoms with van der Waals surface area (Å²) in [6.07, 6.45) is 1.63. The van der Waals surface area contributed by atoms with E-state index in [1.807, 2.05) is 25.1 Å². The molecule has 0 aliphatic heterocycles. The Morgan fingerprint density at radius 2 is 2.05 bits per heavy atom. The maximum Gasteiger partial charge on any atom is 0.135 e. The number of hydrogen-bond acceptors (Lipinski definition) is 4. The molecule has 3 heterocycles. The lowest BCUT2D eigenvalue weighted by molar-refractivity contribution is 1.10. The molecule has 3 aromatic heterocycles. The standard InChI is InChI=1S/C16H12N6/c1-9-19-11-4-2-10(8-14(11)20-9)3-5-12-15-13(22-21-12)6-7-18-16(15)17/h2,4,6-8H,1H3,(H2,17,18)(H,19,20)(H,21,22). The van der Waals surface area contributed by atoms with Gasteiger partial charge in [0.2, 0.25) is 0 Å². The van der Waals surface area contributed by atoms with E-state index in [1.165, 1.54) is 0 Å². The highest BCUT2D eigenvalue weighted by molar-refractivity contribution is 5.92. The monoisotopic (exact) mass is 288 g/mol. The van der Waals surface area contributed by atoms with E-state index >= 15 is 0 Å². The van der Waals surface area contributed by atoms with Crippen LogP contribution in [0.2, 0.25) is 0 Å². The van der Waals surface area contributed by atoms with Crippen LogP contribution in [0.15, 0.2) is 30.5 Å². The summed E-state index contributed by atoms with van der Waals surface area (Å²) in [6.45, 7) is 1.93. The first kappa shape index (κ1) is 12.4. The fourth-order valence-electron chi connectivity index (χ4n) is 2.43. The van der Waals surface area contributed by atoms with Crippen LogP contribution < -0.4 is 5.73 Å². The number of pyridine rings is 1. The van der Waals surface area contributed by atoms with Gasteiger partial charge >= 0.3 is 0 Å². The molecule has 22 heavy (non-hydrogen) atoms. The normalized spacial score (nSPS) is 10.8. The summed E-state index contributed by atoms with van der Waals surface area (Å²) in [6, 6.07) is 7.66. The Kier molecular flexibility index (Phi) is 2.60. The van der Waals surface area contributed by atoms with Gasteiger partial charge in [-0.05, 0) is 37.1 Å². The highest BCUT2D eigenvalue weighted by Crippen LogP contribution is 2.19. The summed E-state index contributed by atoms with van der Waals surface area (Å²) >= 11 is 0. The summed E-state index contributed by atoms with van der Waals surface area (Å²) in [7, 11) is 0. The molecule has 6 heteroatoms. The smallest absolute Gasteiger partial charge is 0.135 e. The highest BCUT2D eigenvalue weighted by atomic mass is 15.1. The van der Waals surface area contributed by atoms with Gasteiger partial charge in [0.25, 0.3) is 0 Å². The molecular formula is C16H12N6. The zero-order chi connectivity index (χ0) is 15.1. The number of fused-ring (bicyclic) bond motifs is 2. The van der Waals surface area contributed by atoms with E-state index in [-0.39, 0.29) is 0 Å². The minimum atomic E-state index is 0.426. The van der Waals surface area contributed by atoms with Gasteiger partial charge in [0.1, 0.15) is 17.3 Å². The lowest BCUT2D eigenvalue weighted by atomic mass is 10.2. The molecule has 4 aromatic rings. The molecule has 0 radical (unpaired) electrons. The second kappa shape index (κ2) is 4.60. The minimum Gasteiger partial charge on any atom is -0.383 e. The number of nitrogens with one attached hydrogen (secondary N) is 2. The number of nitrogens with two attached hydrogens (primary N) is 1. The number of aromatic nitrogens is 5. The van der Waals surface area contributed by atoms with Gasteiger partial charge in [0.15, 0.2) is 0 Å². The third-order valence-electron chi connectivity index (χ3n) is 3.43. The first-order chi connectivity index (χ1) is 10.7. The summed E-state index contributed by atoms with van der Waals surface area (Å²) < 4.78 is 0. The summed E-state index contributed by atoms with van der Waals surface area (Å²) in [5, 5.41) is 7.84. The van der Waals surface area contributed by atoms with Crippen LogP contribution in [-0.4, -0.2) is 25.1 Å². The average molecular weight is 288 g/mol. The van der Waals surface area contributed by atoms with Crippen LogP contribution in [-0.2, 0) is 0 Å². The number of hydrogen-bond donors (Lipinski definition) is 3. The lowest BCUT2D eigenvalue weighted by Gasteiger charge is -1.93. The van der Waals surface area contributed by atoms with Gasteiger partial charge < -0.3 is 10.7 Å². The Balaban J connectivity index is 1.80. The van der Waals surface area contributed by atoms with Crippen molar-refractivity contribution in [1.82, 2.24) is 25.1 Å². The topological polar surface area (TPSA) is 96.3 Å². The lowest BCUT2D eigenvalue weighted by Crippen LogP contribution is -1.90. The molecule has 1 aromatic carbocycles. The number of anilines is 1. The fraction of sp³-hybridized carbons (Fsp3) is 0.0625. The summed E-state index contributed by atoms with van der Waals surface area (Å²) in [5.41, 5.74) is 10.1. The number of imidazole rings is 1. The average Bonchev–Trinajstić information content (AvgIpc) is 3.07. The molecule has 0 bridgehead atoms. The number of nitrogen functional groups attached to an aromatic ring is 1. The SMILES string of the molecule is Cc1nc2ccc(C#Cc3[nH]nc4ccnc(N)c34)cc2[nH]1. The molecule has 6 nitrogen and oxygen atoms in total. The third kappa shape index (κ3) is 1.96. The van der Waals surface area contributed by atoms with Crippen molar-refractivity contribution in [3.63, 3.8) is 0 Å². The molecule has 0 unspecified atom stereocenters. The molecular weight excluding hydrogens is 276 g/mol. The van der Waals surface area contributed by atoms with Crippen molar-refractivity contribution >= 4 is 27.8 Å². The maximum absolute atomic E-state index is 5.90. The van der Waals surface area contributed by atoms with Crippen molar-refractivity contribution in [3.05, 3.63) is 47.5 Å². The Morgan fingerprint density at radius 1 is 1.14 bits per heavy atom. The second-order valence-electron chi connectivity index (χ2n) is 4.99. The van der Waals surface area contributed by atoms with Gasteiger partial charge in [0.05, 0.1) is 21.9 Å². The number of rotatable bonds is 0. The quantitative estimate of drug-likeness (QED) is 0.432. The largest absolute Gasteiger partial charge is 0.383 e. The Hall–Kier alpha value is -3.33. The van der Waals surface area contributed by atoms with Gasteiger partial charge in [-0.3, -0.25) is 5.10 Å². The van der Waals surface area contributed by atoms with Crippen molar-refractivity contribution < 1.29 is 0 Å². The molecule has 0 aliphatic rings. The molecule has 0 atom stereocenters. The van der Waals surface area contributed by atoms with Crippen LogP contribution in [0.3, 0.4) is 0 Å². The van der Waals surface area contributed by atoms with Crippen LogP contribution >= 0.6 is 0 Å². The van der Waals surface area contributed by atoms with Crippen LogP contribution in [0.1, 0.15) is 17.1 Å². The van der Waals surface area contributed by atoms with E-state index in [9.17, 15) is 0 Å². The van der Waals surface area contributed by atoms with Gasteiger partial charge in [-0.25, -0.2) is 9.97 Å². The molecule has 0 amide bonds. The first-order valence-electron chi connectivity index (χ1n) is 6.77. The molecule has 0 spiro atoms. The van der Waals surface area contributed by atoms with E-state index in [1.54, 1.807) is 12.3 Å². The van der Waals surface area contributed by atoms with Crippen LogP contribution in [0.5, 0.6) is 0 Å². The fourth-order valence-corrected chi connectivity index (χ4v) is 2.43. The molecule has 106 valence electrons. The van der Waals surface area contributed by atoms with Gasteiger partial charge in [-0.1, -0.05) is 5.92 Å². The third-order valence-corrected chi connectivity index (χ3v) is 3.43. The number of aromatic amines is 2. The Morgan fingerprint density at radius 3 is 2.95 bits per heavy atom. The van der Waals surface area contributed by atoms with Crippen LogP contribution in [0.25, 0.3) is 21.9 Å². The molecule has 0 fully saturated rings. The number of H-pyrrole nitrogens is 2. The molecule has 0 aliphatic carbocycles. The van der Waals surface area contributed by atoms with Crippen molar-refractivity contribution in [2.24, 2.45) is 0 Å². The summed E-state index contributed by atoms with van der Waals surface area (Å²) in [4.78, 5) is 11.6. The predicted octanol–water partition coefficient (Wildman–Crippen LogP) is 2.12. The van der Waals surface area contributed by atoms with Crippen molar-refractivity contribution in [1.29, 1.82) is 0 Å². The zero-order valence-corrected chi connectivity index (χ0v) is 11.8. The van der Waals surface area contributed by atoms with Gasteiger partial charge in [-0.15, -0.1) is 0 Å². The van der Waals surface area contributed by atoms with E-state index in [0.717, 1.165) is 33.3 Å². The van der Waals surface area contributed by atoms with Crippen LogP contribution in [0, 0.1) is 18.8 Å². The van der Waals surface area contributed by atoms with Crippen molar-refractivity contribution in [2.45, 2.75) is 6.92 Å². The molecule has 4 N–H and O–H groups in total. The number of nitrogens with zero attached hydrogens (tertiary/aromatic N) is 3.